The molecule has 0 aromatic heterocycles. The first-order valence-electron chi connectivity index (χ1n) is 5.43. The summed E-state index contributed by atoms with van der Waals surface area (Å²) in [6.45, 7) is 3.76. The van der Waals surface area contributed by atoms with Gasteiger partial charge in [0.1, 0.15) is 11.7 Å². The number of rotatable bonds is 4. The van der Waals surface area contributed by atoms with E-state index in [0.717, 1.165) is 6.08 Å². The fourth-order valence-corrected chi connectivity index (χ4v) is 1.41. The number of ether oxygens (including phenoxy) is 2. The normalized spacial score (nSPS) is 19.1. The Bertz CT molecular complexity index is 361. The Morgan fingerprint density at radius 2 is 2.00 bits per heavy atom. The summed E-state index contributed by atoms with van der Waals surface area (Å²) >= 11 is 0. The van der Waals surface area contributed by atoms with Gasteiger partial charge in [-0.2, -0.15) is 0 Å². The quantitative estimate of drug-likeness (QED) is 0.694. The number of carbonyl (C=O) groups excluding carboxylic acids is 3. The molecule has 1 aliphatic rings. The molecular weight excluding hydrogens is 226 g/mol. The van der Waals surface area contributed by atoms with Crippen LogP contribution in [0.4, 0.5) is 0 Å². The summed E-state index contributed by atoms with van der Waals surface area (Å²) in [7, 11) is 0. The third-order valence-corrected chi connectivity index (χ3v) is 2.11. The molecule has 6 nitrogen and oxygen atoms in total. The molecule has 0 saturated heterocycles. The first-order chi connectivity index (χ1) is 8.08. The number of nitrogens with one attached hydrogen (secondary N) is 1. The lowest BCUT2D eigenvalue weighted by atomic mass is 10.0. The minimum atomic E-state index is -0.813. The van der Waals surface area contributed by atoms with E-state index in [-0.39, 0.29) is 31.1 Å². The largest absolute Gasteiger partial charge is 0.464 e. The molecule has 0 fully saturated rings. The van der Waals surface area contributed by atoms with E-state index in [4.69, 9.17) is 9.47 Å². The minimum Gasteiger partial charge on any atom is -0.464 e. The van der Waals surface area contributed by atoms with E-state index in [9.17, 15) is 14.4 Å². The lowest BCUT2D eigenvalue weighted by Crippen LogP contribution is -2.44. The average molecular weight is 241 g/mol. The van der Waals surface area contributed by atoms with Crippen molar-refractivity contribution < 1.29 is 23.9 Å². The van der Waals surface area contributed by atoms with E-state index < -0.39 is 18.0 Å². The second-order valence-electron chi connectivity index (χ2n) is 3.40. The molecule has 1 atom stereocenters. The Kier molecular flexibility index (Phi) is 4.68. The van der Waals surface area contributed by atoms with E-state index in [1.807, 2.05) is 0 Å². The molecule has 0 bridgehead atoms. The fourth-order valence-electron chi connectivity index (χ4n) is 1.41. The molecule has 1 aliphatic heterocycles. The van der Waals surface area contributed by atoms with Crippen molar-refractivity contribution in [1.29, 1.82) is 0 Å². The van der Waals surface area contributed by atoms with Crippen LogP contribution in [0.5, 0.6) is 0 Å². The number of esters is 2. The summed E-state index contributed by atoms with van der Waals surface area (Å²) in [5.74, 6) is -1.49. The highest BCUT2D eigenvalue weighted by Crippen LogP contribution is 2.10. The highest BCUT2D eigenvalue weighted by molar-refractivity contribution is 6.03. The van der Waals surface area contributed by atoms with Crippen LogP contribution >= 0.6 is 0 Å². The molecule has 0 aliphatic carbocycles. The zero-order chi connectivity index (χ0) is 12.8. The predicted molar refractivity (Wildman–Crippen MR) is 57.9 cm³/mol. The first kappa shape index (κ1) is 13.2. The first-order valence-corrected chi connectivity index (χ1v) is 5.43. The monoisotopic (exact) mass is 241 g/mol. The summed E-state index contributed by atoms with van der Waals surface area (Å²) in [5, 5.41) is 2.64. The summed E-state index contributed by atoms with van der Waals surface area (Å²) in [4.78, 5) is 34.2. The van der Waals surface area contributed by atoms with Crippen molar-refractivity contribution in [2.75, 3.05) is 13.2 Å². The van der Waals surface area contributed by atoms with Gasteiger partial charge in [0.05, 0.1) is 13.2 Å². The number of hydrogen-bond acceptors (Lipinski definition) is 6. The van der Waals surface area contributed by atoms with Gasteiger partial charge >= 0.3 is 11.9 Å². The van der Waals surface area contributed by atoms with Gasteiger partial charge in [-0.3, -0.25) is 4.79 Å². The smallest absolute Gasteiger partial charge is 0.354 e. The van der Waals surface area contributed by atoms with Crippen molar-refractivity contribution in [2.45, 2.75) is 26.3 Å². The maximum absolute atomic E-state index is 11.5. The van der Waals surface area contributed by atoms with E-state index in [1.165, 1.54) is 0 Å². The molecule has 1 unspecified atom stereocenters. The van der Waals surface area contributed by atoms with Gasteiger partial charge in [0, 0.05) is 12.5 Å². The Morgan fingerprint density at radius 1 is 1.35 bits per heavy atom. The summed E-state index contributed by atoms with van der Waals surface area (Å²) < 4.78 is 9.53. The Balaban J connectivity index is 2.72. The zero-order valence-corrected chi connectivity index (χ0v) is 9.82. The molecule has 0 saturated carbocycles. The van der Waals surface area contributed by atoms with Crippen LogP contribution in [0.2, 0.25) is 0 Å². The fraction of sp³-hybridized carbons (Fsp3) is 0.545. The van der Waals surface area contributed by atoms with Crippen molar-refractivity contribution in [3.63, 3.8) is 0 Å². The number of carbonyl (C=O) groups is 3. The third kappa shape index (κ3) is 3.58. The molecule has 0 aromatic carbocycles. The molecule has 0 aromatic rings. The molecule has 1 rings (SSSR count). The summed E-state index contributed by atoms with van der Waals surface area (Å²) in [6.07, 6.45) is 1.13. The van der Waals surface area contributed by atoms with Crippen LogP contribution in [0, 0.1) is 0 Å². The SMILES string of the molecule is CCOC(=O)C1=CC(=O)CC(C(=O)OCC)N1. The van der Waals surface area contributed by atoms with Crippen molar-refractivity contribution in [3.8, 4) is 0 Å². The Labute approximate surface area is 99.0 Å². The highest BCUT2D eigenvalue weighted by Gasteiger charge is 2.30. The molecular formula is C11H15NO5. The maximum atomic E-state index is 11.5. The molecule has 1 N–H and O–H groups in total. The van der Waals surface area contributed by atoms with Crippen molar-refractivity contribution in [2.24, 2.45) is 0 Å². The van der Waals surface area contributed by atoms with Crippen LogP contribution in [0.15, 0.2) is 11.8 Å². The van der Waals surface area contributed by atoms with Crippen LogP contribution in [0.25, 0.3) is 0 Å². The molecule has 0 amide bonds. The van der Waals surface area contributed by atoms with Gasteiger partial charge in [-0.05, 0) is 13.8 Å². The van der Waals surface area contributed by atoms with E-state index in [1.54, 1.807) is 13.8 Å². The Hall–Kier alpha value is -1.85. The van der Waals surface area contributed by atoms with Gasteiger partial charge in [0.25, 0.3) is 0 Å². The van der Waals surface area contributed by atoms with Gasteiger partial charge in [-0.1, -0.05) is 0 Å². The van der Waals surface area contributed by atoms with Gasteiger partial charge in [0.2, 0.25) is 0 Å². The van der Waals surface area contributed by atoms with Crippen LogP contribution in [0.1, 0.15) is 20.3 Å². The average Bonchev–Trinajstić information content (AvgIpc) is 2.29. The van der Waals surface area contributed by atoms with Gasteiger partial charge in [-0.25, -0.2) is 9.59 Å². The molecule has 0 radical (unpaired) electrons. The van der Waals surface area contributed by atoms with Crippen LogP contribution < -0.4 is 5.32 Å². The van der Waals surface area contributed by atoms with Crippen LogP contribution in [-0.2, 0) is 23.9 Å². The standard InChI is InChI=1S/C11H15NO5/c1-3-16-10(14)8-5-7(13)6-9(12-8)11(15)17-4-2/h5,9,12H,3-4,6H2,1-2H3. The van der Waals surface area contributed by atoms with Crippen molar-refractivity contribution in [3.05, 3.63) is 11.8 Å². The van der Waals surface area contributed by atoms with E-state index in [0.29, 0.717) is 0 Å². The molecule has 0 spiro atoms. The van der Waals surface area contributed by atoms with Gasteiger partial charge in [-0.15, -0.1) is 0 Å². The van der Waals surface area contributed by atoms with Gasteiger partial charge in [0.15, 0.2) is 5.78 Å². The minimum absolute atomic E-state index is 0.00107. The summed E-state index contributed by atoms with van der Waals surface area (Å²) in [6, 6.07) is -0.813. The van der Waals surface area contributed by atoms with Crippen molar-refractivity contribution >= 4 is 17.7 Å². The highest BCUT2D eigenvalue weighted by atomic mass is 16.5. The van der Waals surface area contributed by atoms with E-state index in [2.05, 4.69) is 5.32 Å². The van der Waals surface area contributed by atoms with E-state index >= 15 is 0 Å². The molecule has 6 heteroatoms. The second-order valence-corrected chi connectivity index (χ2v) is 3.40. The Morgan fingerprint density at radius 3 is 2.59 bits per heavy atom. The third-order valence-electron chi connectivity index (χ3n) is 2.11. The predicted octanol–water partition coefficient (Wildman–Crippen LogP) is -0.0725. The molecule has 1 heterocycles. The second kappa shape index (κ2) is 6.03. The van der Waals surface area contributed by atoms with Crippen LogP contribution in [0.3, 0.4) is 0 Å². The topological polar surface area (TPSA) is 81.7 Å². The molecule has 94 valence electrons. The lowest BCUT2D eigenvalue weighted by molar-refractivity contribution is -0.147. The lowest BCUT2D eigenvalue weighted by Gasteiger charge is -2.21. The molecule has 17 heavy (non-hydrogen) atoms. The van der Waals surface area contributed by atoms with Crippen LogP contribution in [-0.4, -0.2) is 37.0 Å². The summed E-state index contributed by atoms with van der Waals surface area (Å²) in [5.41, 5.74) is 0.00107. The number of ketones is 1. The van der Waals surface area contributed by atoms with Gasteiger partial charge < -0.3 is 14.8 Å². The van der Waals surface area contributed by atoms with Crippen molar-refractivity contribution in [1.82, 2.24) is 5.32 Å². The number of hydrogen-bond donors (Lipinski definition) is 1. The zero-order valence-electron chi connectivity index (χ0n) is 9.82. The maximum Gasteiger partial charge on any atom is 0.354 e. The number of allylic oxidation sites excluding steroid dienone is 1.